The summed E-state index contributed by atoms with van der Waals surface area (Å²) in [5, 5.41) is 13.7. The van der Waals surface area contributed by atoms with Gasteiger partial charge in [0, 0.05) is 27.9 Å². The third kappa shape index (κ3) is 3.88. The Bertz CT molecular complexity index is 1270. The maximum absolute atomic E-state index is 12.6. The SMILES string of the molecule is Cc1ccc2nc(-c3cccc(NC(=O)c4cc([N+](=O)[O-])ccc4Br)c3)oc2c1. The summed E-state index contributed by atoms with van der Waals surface area (Å²) < 4.78 is 6.30. The first-order chi connectivity index (χ1) is 13.9. The Morgan fingerprint density at radius 1 is 1.14 bits per heavy atom. The van der Waals surface area contributed by atoms with Gasteiger partial charge in [-0.1, -0.05) is 12.1 Å². The van der Waals surface area contributed by atoms with E-state index in [9.17, 15) is 14.9 Å². The van der Waals surface area contributed by atoms with Gasteiger partial charge in [-0.3, -0.25) is 14.9 Å². The van der Waals surface area contributed by atoms with Crippen molar-refractivity contribution in [2.45, 2.75) is 6.92 Å². The van der Waals surface area contributed by atoms with Gasteiger partial charge in [-0.05, 0) is 64.8 Å². The number of halogens is 1. The van der Waals surface area contributed by atoms with Gasteiger partial charge in [-0.15, -0.1) is 0 Å². The average molecular weight is 452 g/mol. The molecule has 0 saturated heterocycles. The Morgan fingerprint density at radius 3 is 2.76 bits per heavy atom. The molecule has 0 aliphatic rings. The van der Waals surface area contributed by atoms with Crippen molar-refractivity contribution in [2.75, 3.05) is 5.32 Å². The number of nitro groups is 1. The predicted octanol–water partition coefficient (Wildman–Crippen LogP) is 5.73. The zero-order valence-corrected chi connectivity index (χ0v) is 16.8. The molecular formula is C21H14BrN3O4. The van der Waals surface area contributed by atoms with Crippen LogP contribution in [0.2, 0.25) is 0 Å². The molecule has 0 aliphatic heterocycles. The number of nitro benzene ring substituents is 1. The van der Waals surface area contributed by atoms with Gasteiger partial charge in [0.15, 0.2) is 5.58 Å². The number of aryl methyl sites for hydroxylation is 1. The Hall–Kier alpha value is -3.52. The monoisotopic (exact) mass is 451 g/mol. The summed E-state index contributed by atoms with van der Waals surface area (Å²) in [5.41, 5.74) is 3.74. The summed E-state index contributed by atoms with van der Waals surface area (Å²) in [7, 11) is 0. The van der Waals surface area contributed by atoms with Crippen LogP contribution in [0.15, 0.2) is 69.6 Å². The Morgan fingerprint density at radius 2 is 1.97 bits per heavy atom. The van der Waals surface area contributed by atoms with Crippen LogP contribution in [0.5, 0.6) is 0 Å². The summed E-state index contributed by atoms with van der Waals surface area (Å²) in [5.74, 6) is -0.0239. The van der Waals surface area contributed by atoms with Crippen LogP contribution in [0.3, 0.4) is 0 Å². The van der Waals surface area contributed by atoms with Gasteiger partial charge < -0.3 is 9.73 Å². The van der Waals surface area contributed by atoms with E-state index >= 15 is 0 Å². The molecule has 1 heterocycles. The Labute approximate surface area is 173 Å². The zero-order chi connectivity index (χ0) is 20.5. The lowest BCUT2D eigenvalue weighted by atomic mass is 10.1. The second-order valence-corrected chi connectivity index (χ2v) is 7.30. The second kappa shape index (κ2) is 7.48. The van der Waals surface area contributed by atoms with Crippen LogP contribution < -0.4 is 5.32 Å². The van der Waals surface area contributed by atoms with Crippen LogP contribution in [0.25, 0.3) is 22.6 Å². The molecule has 0 aliphatic carbocycles. The fourth-order valence-electron chi connectivity index (χ4n) is 2.88. The molecule has 1 amide bonds. The van der Waals surface area contributed by atoms with E-state index in [2.05, 4.69) is 26.2 Å². The van der Waals surface area contributed by atoms with E-state index in [-0.39, 0.29) is 11.3 Å². The van der Waals surface area contributed by atoms with Crippen molar-refractivity contribution in [3.8, 4) is 11.5 Å². The van der Waals surface area contributed by atoms with Crippen molar-refractivity contribution in [2.24, 2.45) is 0 Å². The third-order valence-electron chi connectivity index (χ3n) is 4.32. The maximum atomic E-state index is 12.6. The largest absolute Gasteiger partial charge is 0.436 e. The fourth-order valence-corrected chi connectivity index (χ4v) is 3.31. The predicted molar refractivity (Wildman–Crippen MR) is 113 cm³/mol. The molecule has 0 atom stereocenters. The van der Waals surface area contributed by atoms with Crippen LogP contribution in [0, 0.1) is 17.0 Å². The van der Waals surface area contributed by atoms with Crippen LogP contribution in [0.1, 0.15) is 15.9 Å². The van der Waals surface area contributed by atoms with Crippen molar-refractivity contribution >= 4 is 44.3 Å². The van der Waals surface area contributed by atoms with Gasteiger partial charge in [0.2, 0.25) is 5.89 Å². The lowest BCUT2D eigenvalue weighted by Gasteiger charge is -2.08. The highest BCUT2D eigenvalue weighted by Gasteiger charge is 2.16. The molecule has 0 spiro atoms. The molecular weight excluding hydrogens is 438 g/mol. The number of carbonyl (C=O) groups is 1. The molecule has 0 radical (unpaired) electrons. The molecule has 3 aromatic carbocycles. The van der Waals surface area contributed by atoms with Gasteiger partial charge in [-0.2, -0.15) is 0 Å². The zero-order valence-electron chi connectivity index (χ0n) is 15.2. The number of rotatable bonds is 4. The van der Waals surface area contributed by atoms with Crippen molar-refractivity contribution in [3.05, 3.63) is 86.4 Å². The quantitative estimate of drug-likeness (QED) is 0.315. The molecule has 1 aromatic heterocycles. The average Bonchev–Trinajstić information content (AvgIpc) is 3.11. The first-order valence-electron chi connectivity index (χ1n) is 8.63. The number of anilines is 1. The molecule has 0 fully saturated rings. The van der Waals surface area contributed by atoms with E-state index in [4.69, 9.17) is 4.42 Å². The standard InChI is InChI=1S/C21H14BrN3O4/c1-12-5-8-18-19(9-12)29-21(24-18)13-3-2-4-14(10-13)23-20(26)16-11-15(25(27)28)6-7-17(16)22/h2-11H,1H3,(H,23,26). The van der Waals surface area contributed by atoms with Crippen LogP contribution >= 0.6 is 15.9 Å². The first kappa shape index (κ1) is 18.8. The summed E-state index contributed by atoms with van der Waals surface area (Å²) in [6.45, 7) is 1.98. The van der Waals surface area contributed by atoms with E-state index in [1.54, 1.807) is 18.2 Å². The lowest BCUT2D eigenvalue weighted by molar-refractivity contribution is -0.384. The first-order valence-corrected chi connectivity index (χ1v) is 9.43. The number of oxazole rings is 1. The Balaban J connectivity index is 1.63. The number of nitrogens with one attached hydrogen (secondary N) is 1. The fraction of sp³-hybridized carbons (Fsp3) is 0.0476. The molecule has 1 N–H and O–H groups in total. The molecule has 29 heavy (non-hydrogen) atoms. The number of hydrogen-bond donors (Lipinski definition) is 1. The number of carbonyl (C=O) groups excluding carboxylic acids is 1. The van der Waals surface area contributed by atoms with Crippen molar-refractivity contribution in [1.29, 1.82) is 0 Å². The Kier molecular flexibility index (Phi) is 4.85. The molecule has 144 valence electrons. The summed E-state index contributed by atoms with van der Waals surface area (Å²) in [6, 6.07) is 16.9. The molecule has 0 bridgehead atoms. The van der Waals surface area contributed by atoms with Crippen molar-refractivity contribution in [3.63, 3.8) is 0 Å². The molecule has 8 heteroatoms. The van der Waals surface area contributed by atoms with E-state index < -0.39 is 10.8 Å². The molecule has 0 saturated carbocycles. The minimum Gasteiger partial charge on any atom is -0.436 e. The van der Waals surface area contributed by atoms with Crippen molar-refractivity contribution < 1.29 is 14.1 Å². The number of nitrogens with zero attached hydrogens (tertiary/aromatic N) is 2. The van der Waals surface area contributed by atoms with Crippen LogP contribution in [-0.2, 0) is 0 Å². The lowest BCUT2D eigenvalue weighted by Crippen LogP contribution is -2.13. The summed E-state index contributed by atoms with van der Waals surface area (Å²) in [4.78, 5) is 27.6. The maximum Gasteiger partial charge on any atom is 0.270 e. The number of non-ortho nitro benzene ring substituents is 1. The number of fused-ring (bicyclic) bond motifs is 1. The topological polar surface area (TPSA) is 98.3 Å². The van der Waals surface area contributed by atoms with Gasteiger partial charge in [0.05, 0.1) is 10.5 Å². The molecule has 7 nitrogen and oxygen atoms in total. The number of benzene rings is 3. The second-order valence-electron chi connectivity index (χ2n) is 6.45. The smallest absolute Gasteiger partial charge is 0.270 e. The van der Waals surface area contributed by atoms with E-state index in [1.807, 2.05) is 31.2 Å². The van der Waals surface area contributed by atoms with Gasteiger partial charge in [0.25, 0.3) is 11.6 Å². The minimum atomic E-state index is -0.543. The molecule has 4 rings (SSSR count). The summed E-state index contributed by atoms with van der Waals surface area (Å²) in [6.07, 6.45) is 0. The minimum absolute atomic E-state index is 0.158. The number of amides is 1. The van der Waals surface area contributed by atoms with E-state index in [0.717, 1.165) is 11.1 Å². The van der Waals surface area contributed by atoms with Gasteiger partial charge in [0.1, 0.15) is 5.52 Å². The highest BCUT2D eigenvalue weighted by atomic mass is 79.9. The normalized spacial score (nSPS) is 10.8. The third-order valence-corrected chi connectivity index (χ3v) is 5.01. The number of aromatic nitrogens is 1. The highest BCUT2D eigenvalue weighted by Crippen LogP contribution is 2.28. The molecule has 0 unspecified atom stereocenters. The van der Waals surface area contributed by atoms with E-state index in [0.29, 0.717) is 27.2 Å². The molecule has 4 aromatic rings. The van der Waals surface area contributed by atoms with Gasteiger partial charge in [-0.25, -0.2) is 4.98 Å². The van der Waals surface area contributed by atoms with Crippen molar-refractivity contribution in [1.82, 2.24) is 4.98 Å². The summed E-state index contributed by atoms with van der Waals surface area (Å²) >= 11 is 3.26. The van der Waals surface area contributed by atoms with Gasteiger partial charge >= 0.3 is 0 Å². The van der Waals surface area contributed by atoms with E-state index in [1.165, 1.54) is 18.2 Å². The highest BCUT2D eigenvalue weighted by molar-refractivity contribution is 9.10. The number of hydrogen-bond acceptors (Lipinski definition) is 5. The van der Waals surface area contributed by atoms with Crippen LogP contribution in [0.4, 0.5) is 11.4 Å². The van der Waals surface area contributed by atoms with Crippen LogP contribution in [-0.4, -0.2) is 15.8 Å².